The molecule has 5 rings (SSSR count). The van der Waals surface area contributed by atoms with Crippen molar-refractivity contribution < 1.29 is 9.26 Å². The summed E-state index contributed by atoms with van der Waals surface area (Å²) >= 11 is 7.63. The molecule has 7 nitrogen and oxygen atoms in total. The van der Waals surface area contributed by atoms with Crippen LogP contribution in [0.3, 0.4) is 0 Å². The number of para-hydroxylation sites is 1. The Morgan fingerprint density at radius 3 is 2.81 bits per heavy atom. The van der Waals surface area contributed by atoms with Crippen molar-refractivity contribution in [2.24, 2.45) is 0 Å². The van der Waals surface area contributed by atoms with E-state index in [1.54, 1.807) is 16.7 Å². The summed E-state index contributed by atoms with van der Waals surface area (Å²) in [5, 5.41) is 5.83. The molecule has 0 amide bonds. The molecule has 1 saturated heterocycles. The van der Waals surface area contributed by atoms with E-state index in [4.69, 9.17) is 25.8 Å². The van der Waals surface area contributed by atoms with Gasteiger partial charge >= 0.3 is 0 Å². The fraction of sp³-hybridized carbons (Fsp3) is 0.273. The van der Waals surface area contributed by atoms with Crippen LogP contribution in [0.5, 0.6) is 0 Å². The van der Waals surface area contributed by atoms with Crippen molar-refractivity contribution >= 4 is 34.3 Å². The predicted molar refractivity (Wildman–Crippen MR) is 119 cm³/mol. The fourth-order valence-electron chi connectivity index (χ4n) is 3.60. The van der Waals surface area contributed by atoms with Gasteiger partial charge in [-0.25, -0.2) is 4.98 Å². The van der Waals surface area contributed by atoms with Gasteiger partial charge < -0.3 is 9.26 Å². The molecule has 0 spiro atoms. The number of rotatable bonds is 6. The molecule has 1 unspecified atom stereocenters. The zero-order valence-corrected chi connectivity index (χ0v) is 18.1. The largest absolute Gasteiger partial charge is 0.376 e. The Kier molecular flexibility index (Phi) is 5.76. The maximum atomic E-state index is 13.2. The smallest absolute Gasteiger partial charge is 0.262 e. The summed E-state index contributed by atoms with van der Waals surface area (Å²) in [5.74, 6) is 1.28. The number of hydrogen-bond acceptors (Lipinski definition) is 7. The average molecular weight is 455 g/mol. The highest BCUT2D eigenvalue weighted by Crippen LogP contribution is 2.28. The minimum atomic E-state index is -0.0616. The summed E-state index contributed by atoms with van der Waals surface area (Å²) in [5.41, 5.74) is 1.30. The fourth-order valence-corrected chi connectivity index (χ4v) is 4.66. The van der Waals surface area contributed by atoms with Gasteiger partial charge in [0.15, 0.2) is 11.0 Å². The van der Waals surface area contributed by atoms with E-state index in [2.05, 4.69) is 10.1 Å². The van der Waals surface area contributed by atoms with Crippen molar-refractivity contribution in [2.75, 3.05) is 6.61 Å². The van der Waals surface area contributed by atoms with Gasteiger partial charge in [0.25, 0.3) is 11.4 Å². The molecule has 9 heteroatoms. The van der Waals surface area contributed by atoms with E-state index in [1.807, 2.05) is 36.4 Å². The lowest BCUT2D eigenvalue weighted by Crippen LogP contribution is -2.28. The van der Waals surface area contributed by atoms with Crippen molar-refractivity contribution in [2.45, 2.75) is 36.4 Å². The summed E-state index contributed by atoms with van der Waals surface area (Å²) in [7, 11) is 0. The van der Waals surface area contributed by atoms with Crippen molar-refractivity contribution in [3.63, 3.8) is 0 Å². The van der Waals surface area contributed by atoms with Gasteiger partial charge in [-0.15, -0.1) is 0 Å². The van der Waals surface area contributed by atoms with Crippen molar-refractivity contribution in [1.82, 2.24) is 19.7 Å². The van der Waals surface area contributed by atoms with Crippen LogP contribution in [-0.2, 0) is 17.0 Å². The summed E-state index contributed by atoms with van der Waals surface area (Å²) in [6, 6.07) is 14.7. The minimum absolute atomic E-state index is 0.0250. The maximum absolute atomic E-state index is 13.2. The Labute approximate surface area is 187 Å². The Morgan fingerprint density at radius 1 is 1.13 bits per heavy atom. The predicted octanol–water partition coefficient (Wildman–Crippen LogP) is 4.57. The molecule has 0 bridgehead atoms. The van der Waals surface area contributed by atoms with E-state index in [-0.39, 0.29) is 11.7 Å². The number of thioether (sulfide) groups is 1. The van der Waals surface area contributed by atoms with E-state index in [1.165, 1.54) is 11.8 Å². The van der Waals surface area contributed by atoms with Crippen LogP contribution in [0.25, 0.3) is 22.4 Å². The minimum Gasteiger partial charge on any atom is -0.376 e. The second-order valence-corrected chi connectivity index (χ2v) is 8.60. The third-order valence-corrected chi connectivity index (χ3v) is 6.44. The van der Waals surface area contributed by atoms with Gasteiger partial charge in [0, 0.05) is 6.61 Å². The van der Waals surface area contributed by atoms with Crippen LogP contribution in [0, 0.1) is 0 Å². The monoisotopic (exact) mass is 454 g/mol. The van der Waals surface area contributed by atoms with Crippen molar-refractivity contribution in [3.8, 4) is 11.5 Å². The molecule has 1 atom stereocenters. The molecular weight excluding hydrogens is 436 g/mol. The van der Waals surface area contributed by atoms with Crippen LogP contribution < -0.4 is 5.56 Å². The third-order valence-electron chi connectivity index (χ3n) is 5.14. The molecule has 2 aromatic carbocycles. The SMILES string of the molecule is O=c1c2ccccc2nc(SCc2noc(-c3ccccc3Cl)n2)n1CC1CCCO1. The van der Waals surface area contributed by atoms with Crippen LogP contribution in [-0.4, -0.2) is 32.4 Å². The van der Waals surface area contributed by atoms with E-state index >= 15 is 0 Å². The number of fused-ring (bicyclic) bond motifs is 1. The Morgan fingerprint density at radius 2 is 1.97 bits per heavy atom. The molecule has 1 aliphatic rings. The maximum Gasteiger partial charge on any atom is 0.262 e. The van der Waals surface area contributed by atoms with Crippen molar-refractivity contribution in [1.29, 1.82) is 0 Å². The number of hydrogen-bond donors (Lipinski definition) is 0. The van der Waals surface area contributed by atoms with Crippen molar-refractivity contribution in [3.05, 3.63) is 69.7 Å². The molecule has 0 radical (unpaired) electrons. The average Bonchev–Trinajstić information content (AvgIpc) is 3.47. The zero-order valence-electron chi connectivity index (χ0n) is 16.5. The molecule has 4 aromatic rings. The second kappa shape index (κ2) is 8.82. The van der Waals surface area contributed by atoms with Gasteiger partial charge in [-0.2, -0.15) is 4.98 Å². The lowest BCUT2D eigenvalue weighted by atomic mass is 10.2. The van der Waals surface area contributed by atoms with E-state index < -0.39 is 0 Å². The summed E-state index contributed by atoms with van der Waals surface area (Å²) in [6.45, 7) is 1.21. The molecule has 0 N–H and O–H groups in total. The zero-order chi connectivity index (χ0) is 21.2. The summed E-state index contributed by atoms with van der Waals surface area (Å²) < 4.78 is 12.8. The molecule has 158 valence electrons. The van der Waals surface area contributed by atoms with Gasteiger partial charge in [0.2, 0.25) is 0 Å². The lowest BCUT2D eigenvalue weighted by Gasteiger charge is -2.16. The highest BCUT2D eigenvalue weighted by molar-refractivity contribution is 7.98. The first-order valence-corrected chi connectivity index (χ1v) is 11.4. The van der Waals surface area contributed by atoms with Crippen LogP contribution in [0.2, 0.25) is 5.02 Å². The van der Waals surface area contributed by atoms with Crippen LogP contribution in [0.15, 0.2) is 63.0 Å². The first-order chi connectivity index (χ1) is 15.2. The number of nitrogens with zero attached hydrogens (tertiary/aromatic N) is 4. The van der Waals surface area contributed by atoms with Gasteiger partial charge in [-0.3, -0.25) is 9.36 Å². The molecule has 2 aromatic heterocycles. The van der Waals surface area contributed by atoms with Crippen LogP contribution in [0.1, 0.15) is 18.7 Å². The molecule has 3 heterocycles. The van der Waals surface area contributed by atoms with Gasteiger partial charge in [-0.05, 0) is 37.1 Å². The highest BCUT2D eigenvalue weighted by atomic mass is 35.5. The number of halogens is 1. The summed E-state index contributed by atoms with van der Waals surface area (Å²) in [6.07, 6.45) is 1.98. The molecule has 0 aliphatic carbocycles. The molecular formula is C22H19ClN4O3S. The number of ether oxygens (including phenoxy) is 1. The molecule has 1 fully saturated rings. The topological polar surface area (TPSA) is 83.0 Å². The van der Waals surface area contributed by atoms with Gasteiger partial charge in [0.1, 0.15) is 0 Å². The Hall–Kier alpha value is -2.68. The first-order valence-electron chi connectivity index (χ1n) is 10.0. The number of aromatic nitrogens is 4. The Bertz CT molecular complexity index is 1280. The standard InChI is InChI=1S/C22H19ClN4O3S/c23-17-9-3-1-7-15(17)20-25-19(26-30-20)13-31-22-24-18-10-4-2-8-16(18)21(28)27(22)12-14-6-5-11-29-14/h1-4,7-10,14H,5-6,11-13H2. The summed E-state index contributed by atoms with van der Waals surface area (Å²) in [4.78, 5) is 22.4. The van der Waals surface area contributed by atoms with Gasteiger partial charge in [0.05, 0.1) is 39.9 Å². The quantitative estimate of drug-likeness (QED) is 0.311. The highest BCUT2D eigenvalue weighted by Gasteiger charge is 2.21. The van der Waals surface area contributed by atoms with Crippen LogP contribution >= 0.6 is 23.4 Å². The van der Waals surface area contributed by atoms with Crippen LogP contribution in [0.4, 0.5) is 0 Å². The Balaban J connectivity index is 1.43. The third kappa shape index (κ3) is 4.23. The molecule has 31 heavy (non-hydrogen) atoms. The second-order valence-electron chi connectivity index (χ2n) is 7.25. The van der Waals surface area contributed by atoms with E-state index in [9.17, 15) is 4.79 Å². The van der Waals surface area contributed by atoms with E-state index in [0.717, 1.165) is 19.4 Å². The number of benzene rings is 2. The molecule has 0 saturated carbocycles. The molecule has 1 aliphatic heterocycles. The van der Waals surface area contributed by atoms with E-state index in [0.29, 0.717) is 50.7 Å². The first kappa shape index (κ1) is 20.2. The lowest BCUT2D eigenvalue weighted by molar-refractivity contribution is 0.0937. The normalized spacial score (nSPS) is 16.2. The van der Waals surface area contributed by atoms with Gasteiger partial charge in [-0.1, -0.05) is 52.8 Å².